The molecule has 0 fully saturated rings. The van der Waals surface area contributed by atoms with Crippen molar-refractivity contribution in [2.75, 3.05) is 0 Å². The molecule has 1 N–H and O–H groups in total. The average molecular weight is 311 g/mol. The Balaban J connectivity index is 2.37. The summed E-state index contributed by atoms with van der Waals surface area (Å²) in [5.41, 5.74) is 0.926. The molecule has 0 unspecified atom stereocenters. The minimum atomic E-state index is -0.761. The van der Waals surface area contributed by atoms with Crippen LogP contribution in [0.1, 0.15) is 31.8 Å². The van der Waals surface area contributed by atoms with Gasteiger partial charge in [0.05, 0.1) is 11.1 Å². The van der Waals surface area contributed by atoms with Gasteiger partial charge in [-0.25, -0.2) is 0 Å². The maximum Gasteiger partial charge on any atom is 0.260 e. The second kappa shape index (κ2) is 6.69. The number of carbonyl (C=O) groups is 2. The van der Waals surface area contributed by atoms with Crippen LogP contribution in [-0.4, -0.2) is 11.8 Å². The molecular weight excluding hydrogens is 298 g/mol. The Kier molecular flexibility index (Phi) is 4.70. The van der Waals surface area contributed by atoms with Crippen LogP contribution in [0.4, 0.5) is 11.4 Å². The molecule has 116 valence electrons. The fourth-order valence-corrected chi connectivity index (χ4v) is 2.28. The van der Waals surface area contributed by atoms with E-state index in [0.717, 1.165) is 0 Å². The SMILES string of the molecule is Cc1cccc(N=O)c1C(=O)NC(=O)c1c(C)cccc1N=O. The number of hydrogen-bond donors (Lipinski definition) is 1. The maximum atomic E-state index is 12.3. The maximum absolute atomic E-state index is 12.3. The van der Waals surface area contributed by atoms with E-state index < -0.39 is 11.8 Å². The molecule has 23 heavy (non-hydrogen) atoms. The summed E-state index contributed by atoms with van der Waals surface area (Å²) in [6, 6.07) is 9.18. The zero-order chi connectivity index (χ0) is 17.0. The van der Waals surface area contributed by atoms with Crippen LogP contribution >= 0.6 is 0 Å². The Bertz CT molecular complexity index is 747. The van der Waals surface area contributed by atoms with Crippen molar-refractivity contribution in [3.8, 4) is 0 Å². The standard InChI is InChI=1S/C16H13N3O4/c1-9-5-3-7-11(18-22)13(9)15(20)17-16(21)14-10(2)6-4-8-12(14)19-23/h3-8H,1-2H3,(H,17,20,21). The van der Waals surface area contributed by atoms with E-state index in [1.807, 2.05) is 0 Å². The summed E-state index contributed by atoms with van der Waals surface area (Å²) in [6.07, 6.45) is 0. The largest absolute Gasteiger partial charge is 0.288 e. The van der Waals surface area contributed by atoms with Crippen molar-refractivity contribution in [1.82, 2.24) is 5.32 Å². The summed E-state index contributed by atoms with van der Waals surface area (Å²) in [6.45, 7) is 3.25. The second-order valence-electron chi connectivity index (χ2n) is 4.90. The number of imide groups is 1. The molecule has 2 aromatic carbocycles. The number of hydrogen-bond acceptors (Lipinski definition) is 6. The summed E-state index contributed by atoms with van der Waals surface area (Å²) < 4.78 is 0. The zero-order valence-electron chi connectivity index (χ0n) is 12.5. The Hall–Kier alpha value is -3.22. The van der Waals surface area contributed by atoms with Gasteiger partial charge in [0.1, 0.15) is 11.4 Å². The molecule has 7 heteroatoms. The highest BCUT2D eigenvalue weighted by Crippen LogP contribution is 2.24. The summed E-state index contributed by atoms with van der Waals surface area (Å²) in [4.78, 5) is 46.2. The van der Waals surface area contributed by atoms with Gasteiger partial charge in [-0.05, 0) is 47.5 Å². The third kappa shape index (κ3) is 3.18. The molecule has 0 radical (unpaired) electrons. The van der Waals surface area contributed by atoms with E-state index in [9.17, 15) is 19.4 Å². The monoisotopic (exact) mass is 311 g/mol. The molecule has 0 aromatic heterocycles. The van der Waals surface area contributed by atoms with Gasteiger partial charge in [-0.3, -0.25) is 14.9 Å². The minimum Gasteiger partial charge on any atom is -0.288 e. The fraction of sp³-hybridized carbons (Fsp3) is 0.125. The lowest BCUT2D eigenvalue weighted by Crippen LogP contribution is -2.31. The van der Waals surface area contributed by atoms with E-state index in [1.54, 1.807) is 38.1 Å². The summed E-state index contributed by atoms with van der Waals surface area (Å²) in [7, 11) is 0. The van der Waals surface area contributed by atoms with Crippen LogP contribution in [0.3, 0.4) is 0 Å². The molecule has 2 amide bonds. The van der Waals surface area contributed by atoms with Crippen molar-refractivity contribution in [1.29, 1.82) is 0 Å². The van der Waals surface area contributed by atoms with Crippen molar-refractivity contribution in [2.24, 2.45) is 10.4 Å². The highest BCUT2D eigenvalue weighted by molar-refractivity contribution is 6.14. The number of benzene rings is 2. The van der Waals surface area contributed by atoms with Crippen LogP contribution in [0.25, 0.3) is 0 Å². The molecule has 2 rings (SSSR count). The average Bonchev–Trinajstić information content (AvgIpc) is 2.53. The molecule has 0 spiro atoms. The predicted molar refractivity (Wildman–Crippen MR) is 85.1 cm³/mol. The van der Waals surface area contributed by atoms with Gasteiger partial charge < -0.3 is 0 Å². The molecule has 0 saturated heterocycles. The highest BCUT2D eigenvalue weighted by Gasteiger charge is 2.21. The van der Waals surface area contributed by atoms with E-state index >= 15 is 0 Å². The normalized spacial score (nSPS) is 10.0. The third-order valence-electron chi connectivity index (χ3n) is 3.38. The van der Waals surface area contributed by atoms with Crippen molar-refractivity contribution < 1.29 is 9.59 Å². The first-order valence-corrected chi connectivity index (χ1v) is 6.71. The predicted octanol–water partition coefficient (Wildman–Crippen LogP) is 3.67. The number of nitrogens with zero attached hydrogens (tertiary/aromatic N) is 2. The summed E-state index contributed by atoms with van der Waals surface area (Å²) in [5, 5.41) is 7.75. The molecule has 0 aliphatic rings. The van der Waals surface area contributed by atoms with Gasteiger partial charge in [0, 0.05) is 0 Å². The van der Waals surface area contributed by atoms with Gasteiger partial charge >= 0.3 is 0 Å². The molecule has 0 bridgehead atoms. The Morgan fingerprint density at radius 3 is 1.52 bits per heavy atom. The number of carbonyl (C=O) groups excluding carboxylic acids is 2. The van der Waals surface area contributed by atoms with Gasteiger partial charge in [0.15, 0.2) is 0 Å². The van der Waals surface area contributed by atoms with Crippen LogP contribution in [0.2, 0.25) is 0 Å². The first kappa shape index (κ1) is 16.2. The van der Waals surface area contributed by atoms with Crippen molar-refractivity contribution >= 4 is 23.2 Å². The van der Waals surface area contributed by atoms with Crippen molar-refractivity contribution in [2.45, 2.75) is 13.8 Å². The lowest BCUT2D eigenvalue weighted by molar-refractivity contribution is 0.0849. The highest BCUT2D eigenvalue weighted by atomic mass is 16.3. The van der Waals surface area contributed by atoms with E-state index in [1.165, 1.54) is 12.1 Å². The van der Waals surface area contributed by atoms with E-state index in [-0.39, 0.29) is 22.5 Å². The number of nitroso groups, excluding NO2 is 2. The van der Waals surface area contributed by atoms with Gasteiger partial charge in [0.25, 0.3) is 11.8 Å². The number of nitrogens with one attached hydrogen (secondary N) is 1. The lowest BCUT2D eigenvalue weighted by Gasteiger charge is -2.10. The lowest BCUT2D eigenvalue weighted by atomic mass is 10.0. The molecule has 2 aromatic rings. The number of amides is 2. The Labute approximate surface area is 131 Å². The first-order chi connectivity index (χ1) is 11.0. The van der Waals surface area contributed by atoms with E-state index in [0.29, 0.717) is 11.1 Å². The van der Waals surface area contributed by atoms with Gasteiger partial charge in [-0.15, -0.1) is 9.81 Å². The molecule has 0 aliphatic heterocycles. The number of rotatable bonds is 4. The summed E-state index contributed by atoms with van der Waals surface area (Å²) in [5.74, 6) is -1.52. The van der Waals surface area contributed by atoms with Crippen LogP contribution in [0, 0.1) is 23.7 Å². The quantitative estimate of drug-likeness (QED) is 0.686. The van der Waals surface area contributed by atoms with E-state index in [4.69, 9.17) is 0 Å². The molecule has 0 atom stereocenters. The molecule has 0 saturated carbocycles. The molecule has 0 aliphatic carbocycles. The van der Waals surface area contributed by atoms with Crippen LogP contribution in [0.5, 0.6) is 0 Å². The second-order valence-corrected chi connectivity index (χ2v) is 4.90. The van der Waals surface area contributed by atoms with Crippen LogP contribution in [-0.2, 0) is 0 Å². The van der Waals surface area contributed by atoms with Crippen LogP contribution in [0.15, 0.2) is 46.8 Å². The van der Waals surface area contributed by atoms with Crippen molar-refractivity contribution in [3.63, 3.8) is 0 Å². The first-order valence-electron chi connectivity index (χ1n) is 6.71. The third-order valence-corrected chi connectivity index (χ3v) is 3.38. The van der Waals surface area contributed by atoms with Gasteiger partial charge in [-0.2, -0.15) is 0 Å². The topological polar surface area (TPSA) is 105 Å². The van der Waals surface area contributed by atoms with Crippen molar-refractivity contribution in [3.05, 3.63) is 68.5 Å². The molecular formula is C16H13N3O4. The number of aryl methyl sites for hydroxylation is 2. The van der Waals surface area contributed by atoms with Gasteiger partial charge in [-0.1, -0.05) is 24.3 Å². The van der Waals surface area contributed by atoms with E-state index in [2.05, 4.69) is 15.7 Å². The Morgan fingerprint density at radius 2 is 1.17 bits per heavy atom. The Morgan fingerprint density at radius 1 is 0.783 bits per heavy atom. The minimum absolute atomic E-state index is 0.0186. The zero-order valence-corrected chi connectivity index (χ0v) is 12.5. The van der Waals surface area contributed by atoms with Gasteiger partial charge in [0.2, 0.25) is 0 Å². The molecule has 7 nitrogen and oxygen atoms in total. The fourth-order valence-electron chi connectivity index (χ4n) is 2.28. The smallest absolute Gasteiger partial charge is 0.260 e. The molecule has 0 heterocycles. The summed E-state index contributed by atoms with van der Waals surface area (Å²) >= 11 is 0. The van der Waals surface area contributed by atoms with Crippen LogP contribution < -0.4 is 5.32 Å².